The average Bonchev–Trinajstić information content (AvgIpc) is 2.45. The van der Waals surface area contributed by atoms with Gasteiger partial charge in [0.1, 0.15) is 0 Å². The van der Waals surface area contributed by atoms with Crippen LogP contribution in [0.1, 0.15) is 24.1 Å². The molecule has 0 saturated heterocycles. The molecule has 2 rings (SSSR count). The maximum atomic E-state index is 6.23. The van der Waals surface area contributed by atoms with Gasteiger partial charge >= 0.3 is 0 Å². The van der Waals surface area contributed by atoms with Crippen molar-refractivity contribution in [3.8, 4) is 12.3 Å². The van der Waals surface area contributed by atoms with E-state index < -0.39 is 0 Å². The molecular weight excluding hydrogens is 313 g/mol. The predicted octanol–water partition coefficient (Wildman–Crippen LogP) is 5.80. The smallest absolute Gasteiger partial charge is 0.0782 e. The summed E-state index contributed by atoms with van der Waals surface area (Å²) in [5.41, 5.74) is 2.63. The lowest BCUT2D eigenvalue weighted by atomic mass is 10.1. The lowest BCUT2D eigenvalue weighted by molar-refractivity contribution is 0.885. The number of halogens is 3. The Morgan fingerprint density at radius 1 is 1.10 bits per heavy atom. The zero-order valence-corrected chi connectivity index (χ0v) is 13.0. The third-order valence-corrected chi connectivity index (χ3v) is 4.25. The van der Waals surface area contributed by atoms with Gasteiger partial charge in [0.2, 0.25) is 0 Å². The fraction of sp³-hybridized carbons (Fsp3) is 0.125. The molecule has 20 heavy (non-hydrogen) atoms. The van der Waals surface area contributed by atoms with Crippen molar-refractivity contribution >= 4 is 40.5 Å². The standard InChI is InChI=1S/C16H12Cl3N/c1-3-11-5-4-6-12(9-11)20-10(2)13-7-8-14(17)16(19)15(13)18/h1,4-10,20H,2H3. The van der Waals surface area contributed by atoms with Crippen LogP contribution in [0, 0.1) is 12.3 Å². The van der Waals surface area contributed by atoms with Crippen LogP contribution in [0.15, 0.2) is 36.4 Å². The summed E-state index contributed by atoms with van der Waals surface area (Å²) in [7, 11) is 0. The molecule has 0 bridgehead atoms. The van der Waals surface area contributed by atoms with E-state index in [1.54, 1.807) is 6.07 Å². The van der Waals surface area contributed by atoms with E-state index in [-0.39, 0.29) is 6.04 Å². The Morgan fingerprint density at radius 3 is 2.55 bits per heavy atom. The average molecular weight is 325 g/mol. The topological polar surface area (TPSA) is 12.0 Å². The highest BCUT2D eigenvalue weighted by atomic mass is 35.5. The van der Waals surface area contributed by atoms with Gasteiger partial charge in [0.25, 0.3) is 0 Å². The second kappa shape index (κ2) is 6.41. The van der Waals surface area contributed by atoms with Crippen LogP contribution in [0.3, 0.4) is 0 Å². The van der Waals surface area contributed by atoms with E-state index in [2.05, 4.69) is 11.2 Å². The normalized spacial score (nSPS) is 11.8. The molecule has 0 spiro atoms. The van der Waals surface area contributed by atoms with E-state index in [0.717, 1.165) is 16.8 Å². The maximum Gasteiger partial charge on any atom is 0.0782 e. The predicted molar refractivity (Wildman–Crippen MR) is 87.9 cm³/mol. The van der Waals surface area contributed by atoms with Crippen LogP contribution >= 0.6 is 34.8 Å². The summed E-state index contributed by atoms with van der Waals surface area (Å²) in [4.78, 5) is 0. The van der Waals surface area contributed by atoms with E-state index >= 15 is 0 Å². The summed E-state index contributed by atoms with van der Waals surface area (Å²) >= 11 is 18.2. The first kappa shape index (κ1) is 15.1. The zero-order chi connectivity index (χ0) is 14.7. The molecule has 1 N–H and O–H groups in total. The van der Waals surface area contributed by atoms with Crippen molar-refractivity contribution in [3.63, 3.8) is 0 Å². The minimum absolute atomic E-state index is 0.0229. The highest BCUT2D eigenvalue weighted by Crippen LogP contribution is 2.36. The Balaban J connectivity index is 2.26. The third-order valence-electron chi connectivity index (χ3n) is 2.94. The summed E-state index contributed by atoms with van der Waals surface area (Å²) in [6.07, 6.45) is 5.39. The van der Waals surface area contributed by atoms with Crippen LogP contribution in [0.2, 0.25) is 15.1 Å². The number of rotatable bonds is 3. The van der Waals surface area contributed by atoms with Crippen molar-refractivity contribution in [3.05, 3.63) is 62.6 Å². The Hall–Kier alpha value is -1.33. The molecule has 1 nitrogen and oxygen atoms in total. The first-order valence-corrected chi connectivity index (χ1v) is 7.13. The van der Waals surface area contributed by atoms with Crippen LogP contribution in [-0.2, 0) is 0 Å². The monoisotopic (exact) mass is 323 g/mol. The number of anilines is 1. The van der Waals surface area contributed by atoms with Crippen molar-refractivity contribution in [1.29, 1.82) is 0 Å². The SMILES string of the molecule is C#Cc1cccc(NC(C)c2ccc(Cl)c(Cl)c2Cl)c1. The van der Waals surface area contributed by atoms with Gasteiger partial charge in [-0.2, -0.15) is 0 Å². The van der Waals surface area contributed by atoms with Crippen LogP contribution in [0.25, 0.3) is 0 Å². The molecule has 4 heteroatoms. The lowest BCUT2D eigenvalue weighted by Gasteiger charge is -2.18. The van der Waals surface area contributed by atoms with Crippen molar-refractivity contribution in [1.82, 2.24) is 0 Å². The second-order valence-electron chi connectivity index (χ2n) is 4.36. The molecule has 0 amide bonds. The lowest BCUT2D eigenvalue weighted by Crippen LogP contribution is -2.07. The van der Waals surface area contributed by atoms with Crippen molar-refractivity contribution in [2.24, 2.45) is 0 Å². The minimum Gasteiger partial charge on any atom is -0.378 e. The molecule has 0 fully saturated rings. The number of benzene rings is 2. The molecule has 0 aromatic heterocycles. The minimum atomic E-state index is -0.0229. The highest BCUT2D eigenvalue weighted by molar-refractivity contribution is 6.48. The molecule has 2 aromatic carbocycles. The van der Waals surface area contributed by atoms with E-state index in [0.29, 0.717) is 15.1 Å². The second-order valence-corrected chi connectivity index (χ2v) is 5.52. The number of hydrogen-bond acceptors (Lipinski definition) is 1. The van der Waals surface area contributed by atoms with Gasteiger partial charge in [0.15, 0.2) is 0 Å². The Kier molecular flexibility index (Phi) is 4.83. The fourth-order valence-corrected chi connectivity index (χ4v) is 2.61. The molecule has 1 unspecified atom stereocenters. The quantitative estimate of drug-likeness (QED) is 0.555. The largest absolute Gasteiger partial charge is 0.378 e. The molecule has 1 atom stereocenters. The summed E-state index contributed by atoms with van der Waals surface area (Å²) in [6, 6.07) is 11.2. The molecule has 0 saturated carbocycles. The van der Waals surface area contributed by atoms with Crippen LogP contribution in [-0.4, -0.2) is 0 Å². The Labute approximate surface area is 133 Å². The van der Waals surface area contributed by atoms with E-state index in [4.69, 9.17) is 41.2 Å². The first-order valence-electron chi connectivity index (χ1n) is 5.99. The molecule has 0 radical (unpaired) electrons. The molecule has 0 aliphatic carbocycles. The molecule has 0 aliphatic rings. The highest BCUT2D eigenvalue weighted by Gasteiger charge is 2.14. The van der Waals surface area contributed by atoms with Gasteiger partial charge in [-0.15, -0.1) is 6.42 Å². The number of hydrogen-bond donors (Lipinski definition) is 1. The zero-order valence-electron chi connectivity index (χ0n) is 10.8. The third kappa shape index (κ3) is 3.22. The van der Waals surface area contributed by atoms with Gasteiger partial charge < -0.3 is 5.32 Å². The Morgan fingerprint density at radius 2 is 1.85 bits per heavy atom. The van der Waals surface area contributed by atoms with E-state index in [1.165, 1.54) is 0 Å². The van der Waals surface area contributed by atoms with Gasteiger partial charge in [-0.3, -0.25) is 0 Å². The summed E-state index contributed by atoms with van der Waals surface area (Å²) in [6.45, 7) is 1.99. The van der Waals surface area contributed by atoms with Crippen LogP contribution < -0.4 is 5.32 Å². The van der Waals surface area contributed by atoms with Crippen molar-refractivity contribution < 1.29 is 0 Å². The van der Waals surface area contributed by atoms with Gasteiger partial charge in [-0.05, 0) is 36.8 Å². The summed E-state index contributed by atoms with van der Waals surface area (Å²) in [5, 5.41) is 4.62. The Bertz CT molecular complexity index is 674. The van der Waals surface area contributed by atoms with Crippen LogP contribution in [0.5, 0.6) is 0 Å². The molecule has 0 aliphatic heterocycles. The molecular formula is C16H12Cl3N. The molecule has 102 valence electrons. The first-order chi connectivity index (χ1) is 9.52. The summed E-state index contributed by atoms with van der Waals surface area (Å²) < 4.78 is 0. The van der Waals surface area contributed by atoms with Crippen molar-refractivity contribution in [2.45, 2.75) is 13.0 Å². The molecule has 2 aromatic rings. The fourth-order valence-electron chi connectivity index (χ4n) is 1.90. The number of terminal acetylenes is 1. The van der Waals surface area contributed by atoms with Gasteiger partial charge in [0, 0.05) is 11.3 Å². The van der Waals surface area contributed by atoms with Crippen LogP contribution in [0.4, 0.5) is 5.69 Å². The number of nitrogens with one attached hydrogen (secondary N) is 1. The van der Waals surface area contributed by atoms with Gasteiger partial charge in [-0.1, -0.05) is 52.9 Å². The maximum absolute atomic E-state index is 6.23. The summed E-state index contributed by atoms with van der Waals surface area (Å²) in [5.74, 6) is 2.60. The van der Waals surface area contributed by atoms with E-state index in [9.17, 15) is 0 Å². The van der Waals surface area contributed by atoms with Gasteiger partial charge in [0.05, 0.1) is 21.1 Å². The van der Waals surface area contributed by atoms with Crippen molar-refractivity contribution in [2.75, 3.05) is 5.32 Å². The van der Waals surface area contributed by atoms with Gasteiger partial charge in [-0.25, -0.2) is 0 Å². The van der Waals surface area contributed by atoms with E-state index in [1.807, 2.05) is 37.3 Å². The molecule has 0 heterocycles.